The first kappa shape index (κ1) is 19.5. The second kappa shape index (κ2) is 9.02. The van der Waals surface area contributed by atoms with E-state index in [9.17, 15) is 13.2 Å². The molecule has 2 aromatic carbocycles. The van der Waals surface area contributed by atoms with Crippen LogP contribution in [0.25, 0.3) is 11.1 Å². The first-order valence-electron chi connectivity index (χ1n) is 8.64. The van der Waals surface area contributed by atoms with Crippen molar-refractivity contribution in [2.24, 2.45) is 0 Å². The molecule has 0 heterocycles. The molecule has 0 amide bonds. The maximum Gasteiger partial charge on any atom is 0.417 e. The number of benzene rings is 2. The number of nitrogens with one attached hydrogen (secondary N) is 1. The van der Waals surface area contributed by atoms with Gasteiger partial charge < -0.3 is 10.2 Å². The summed E-state index contributed by atoms with van der Waals surface area (Å²) in [6.45, 7) is 8.22. The SMILES string of the molecule is CCN(CC)CCNCc1ccc(-c2ccccc2)c(C(F)(F)F)c1. The fourth-order valence-electron chi connectivity index (χ4n) is 2.82. The van der Waals surface area contributed by atoms with Gasteiger partial charge in [-0.3, -0.25) is 0 Å². The maximum atomic E-state index is 13.5. The van der Waals surface area contributed by atoms with E-state index in [-0.39, 0.29) is 5.56 Å². The highest BCUT2D eigenvalue weighted by Crippen LogP contribution is 2.37. The number of hydrogen-bond acceptors (Lipinski definition) is 2. The van der Waals surface area contributed by atoms with Crippen LogP contribution < -0.4 is 5.32 Å². The summed E-state index contributed by atoms with van der Waals surface area (Å²) in [5, 5.41) is 3.23. The van der Waals surface area contributed by atoms with E-state index in [2.05, 4.69) is 24.1 Å². The smallest absolute Gasteiger partial charge is 0.311 e. The summed E-state index contributed by atoms with van der Waals surface area (Å²) in [7, 11) is 0. The Balaban J connectivity index is 2.11. The lowest BCUT2D eigenvalue weighted by Gasteiger charge is -2.18. The molecule has 0 atom stereocenters. The third-order valence-corrected chi connectivity index (χ3v) is 4.30. The van der Waals surface area contributed by atoms with E-state index in [1.165, 1.54) is 6.07 Å². The van der Waals surface area contributed by atoms with E-state index in [0.29, 0.717) is 17.7 Å². The minimum absolute atomic E-state index is 0.222. The quantitative estimate of drug-likeness (QED) is 0.688. The van der Waals surface area contributed by atoms with Crippen LogP contribution in [0.1, 0.15) is 25.0 Å². The zero-order valence-electron chi connectivity index (χ0n) is 14.7. The first-order chi connectivity index (χ1) is 12.0. The number of likely N-dealkylation sites (N-methyl/N-ethyl adjacent to an activating group) is 1. The largest absolute Gasteiger partial charge is 0.417 e. The Morgan fingerprint density at radius 3 is 2.24 bits per heavy atom. The van der Waals surface area contributed by atoms with Crippen molar-refractivity contribution in [1.29, 1.82) is 0 Å². The molecule has 0 aliphatic carbocycles. The fraction of sp³-hybridized carbons (Fsp3) is 0.400. The minimum atomic E-state index is -4.37. The van der Waals surface area contributed by atoms with Crippen molar-refractivity contribution in [3.8, 4) is 11.1 Å². The molecule has 25 heavy (non-hydrogen) atoms. The van der Waals surface area contributed by atoms with Gasteiger partial charge in [-0.2, -0.15) is 13.2 Å². The molecular formula is C20H25F3N2. The van der Waals surface area contributed by atoms with Gasteiger partial charge in [0.1, 0.15) is 0 Å². The topological polar surface area (TPSA) is 15.3 Å². The molecule has 2 aromatic rings. The lowest BCUT2D eigenvalue weighted by Crippen LogP contribution is -2.31. The van der Waals surface area contributed by atoms with Crippen LogP contribution in [0.15, 0.2) is 48.5 Å². The standard InChI is InChI=1S/C20H25F3N2/c1-3-25(4-2)13-12-24-15-16-10-11-18(17-8-6-5-7-9-17)19(14-16)20(21,22)23/h5-11,14,24H,3-4,12-13,15H2,1-2H3. The molecule has 0 saturated heterocycles. The number of nitrogens with zero attached hydrogens (tertiary/aromatic N) is 1. The van der Waals surface area contributed by atoms with E-state index in [1.807, 2.05) is 0 Å². The Labute approximate surface area is 147 Å². The number of halogens is 3. The van der Waals surface area contributed by atoms with Gasteiger partial charge in [0.05, 0.1) is 5.56 Å². The van der Waals surface area contributed by atoms with Crippen molar-refractivity contribution >= 4 is 0 Å². The third-order valence-electron chi connectivity index (χ3n) is 4.30. The van der Waals surface area contributed by atoms with Crippen molar-refractivity contribution in [1.82, 2.24) is 10.2 Å². The van der Waals surface area contributed by atoms with Gasteiger partial charge in [0, 0.05) is 19.6 Å². The van der Waals surface area contributed by atoms with E-state index in [4.69, 9.17) is 0 Å². The summed E-state index contributed by atoms with van der Waals surface area (Å²) in [5.41, 5.74) is 0.865. The highest BCUT2D eigenvalue weighted by atomic mass is 19.4. The Morgan fingerprint density at radius 2 is 1.64 bits per heavy atom. The van der Waals surface area contributed by atoms with Gasteiger partial charge in [0.25, 0.3) is 0 Å². The van der Waals surface area contributed by atoms with Gasteiger partial charge in [0.15, 0.2) is 0 Å². The van der Waals surface area contributed by atoms with Gasteiger partial charge in [-0.1, -0.05) is 56.3 Å². The van der Waals surface area contributed by atoms with Crippen LogP contribution in [0.3, 0.4) is 0 Å². The zero-order valence-corrected chi connectivity index (χ0v) is 14.7. The van der Waals surface area contributed by atoms with Crippen molar-refractivity contribution in [2.45, 2.75) is 26.6 Å². The van der Waals surface area contributed by atoms with Gasteiger partial charge in [-0.25, -0.2) is 0 Å². The van der Waals surface area contributed by atoms with E-state index >= 15 is 0 Å². The Morgan fingerprint density at radius 1 is 0.960 bits per heavy atom. The minimum Gasteiger partial charge on any atom is -0.311 e. The van der Waals surface area contributed by atoms with Crippen molar-refractivity contribution < 1.29 is 13.2 Å². The van der Waals surface area contributed by atoms with Gasteiger partial charge in [-0.15, -0.1) is 0 Å². The van der Waals surface area contributed by atoms with Gasteiger partial charge >= 0.3 is 6.18 Å². The third kappa shape index (κ3) is 5.58. The lowest BCUT2D eigenvalue weighted by molar-refractivity contribution is -0.137. The van der Waals surface area contributed by atoms with E-state index in [0.717, 1.165) is 26.2 Å². The molecule has 136 valence electrons. The summed E-state index contributed by atoms with van der Waals surface area (Å²) in [4.78, 5) is 2.27. The zero-order chi connectivity index (χ0) is 18.3. The Bertz CT molecular complexity index is 650. The van der Waals surface area contributed by atoms with E-state index in [1.54, 1.807) is 42.5 Å². The average Bonchev–Trinajstić information content (AvgIpc) is 2.62. The molecule has 2 nitrogen and oxygen atoms in total. The monoisotopic (exact) mass is 350 g/mol. The molecule has 0 unspecified atom stereocenters. The molecule has 0 radical (unpaired) electrons. The van der Waals surface area contributed by atoms with Crippen LogP contribution in [0.2, 0.25) is 0 Å². The van der Waals surface area contributed by atoms with Gasteiger partial charge in [-0.05, 0) is 35.8 Å². The molecule has 0 saturated carbocycles. The van der Waals surface area contributed by atoms with Crippen LogP contribution in [0, 0.1) is 0 Å². The highest BCUT2D eigenvalue weighted by Gasteiger charge is 2.33. The van der Waals surface area contributed by atoms with Crippen LogP contribution >= 0.6 is 0 Å². The van der Waals surface area contributed by atoms with E-state index < -0.39 is 11.7 Å². The molecule has 0 aliphatic rings. The Hall–Kier alpha value is -1.85. The number of rotatable bonds is 8. The summed E-state index contributed by atoms with van der Waals surface area (Å²) < 4.78 is 40.4. The highest BCUT2D eigenvalue weighted by molar-refractivity contribution is 5.68. The fourth-order valence-corrected chi connectivity index (χ4v) is 2.82. The molecule has 5 heteroatoms. The maximum absolute atomic E-state index is 13.5. The van der Waals surface area contributed by atoms with Crippen LogP contribution in [0.5, 0.6) is 0 Å². The average molecular weight is 350 g/mol. The molecule has 2 rings (SSSR count). The van der Waals surface area contributed by atoms with Crippen LogP contribution in [-0.4, -0.2) is 31.1 Å². The second-order valence-corrected chi connectivity index (χ2v) is 5.95. The lowest BCUT2D eigenvalue weighted by atomic mass is 9.97. The summed E-state index contributed by atoms with van der Waals surface area (Å²) in [6.07, 6.45) is -4.37. The second-order valence-electron chi connectivity index (χ2n) is 5.95. The molecule has 0 fully saturated rings. The molecule has 0 aliphatic heterocycles. The van der Waals surface area contributed by atoms with Crippen molar-refractivity contribution in [3.05, 3.63) is 59.7 Å². The summed E-state index contributed by atoms with van der Waals surface area (Å²) in [5.74, 6) is 0. The molecule has 1 N–H and O–H groups in total. The Kier molecular flexibility index (Phi) is 7.02. The van der Waals surface area contributed by atoms with Crippen molar-refractivity contribution in [2.75, 3.05) is 26.2 Å². The molecule has 0 spiro atoms. The first-order valence-corrected chi connectivity index (χ1v) is 8.64. The van der Waals surface area contributed by atoms with Crippen molar-refractivity contribution in [3.63, 3.8) is 0 Å². The normalized spacial score (nSPS) is 11.9. The summed E-state index contributed by atoms with van der Waals surface area (Å²) in [6, 6.07) is 13.3. The molecule has 0 bridgehead atoms. The number of alkyl halides is 3. The van der Waals surface area contributed by atoms with Gasteiger partial charge in [0.2, 0.25) is 0 Å². The predicted octanol–water partition coefficient (Wildman–Crippen LogP) is 4.80. The predicted molar refractivity (Wildman–Crippen MR) is 96.4 cm³/mol. The summed E-state index contributed by atoms with van der Waals surface area (Å²) >= 11 is 0. The van der Waals surface area contributed by atoms with Crippen LogP contribution in [-0.2, 0) is 12.7 Å². The molecular weight excluding hydrogens is 325 g/mol. The number of hydrogen-bond donors (Lipinski definition) is 1. The molecule has 0 aromatic heterocycles. The van der Waals surface area contributed by atoms with Crippen LogP contribution in [0.4, 0.5) is 13.2 Å².